The van der Waals surface area contributed by atoms with Gasteiger partial charge in [-0.05, 0) is 19.3 Å². The Morgan fingerprint density at radius 3 is 3.00 bits per heavy atom. The molecule has 1 aromatic heterocycles. The van der Waals surface area contributed by atoms with Gasteiger partial charge in [-0.25, -0.2) is 9.86 Å². The van der Waals surface area contributed by atoms with Crippen LogP contribution in [0.4, 0.5) is 4.79 Å². The zero-order chi connectivity index (χ0) is 14.1. The van der Waals surface area contributed by atoms with Gasteiger partial charge in [0, 0.05) is 13.0 Å². The summed E-state index contributed by atoms with van der Waals surface area (Å²) in [6.45, 7) is 2.69. The number of nitrogens with zero attached hydrogens (tertiary/aromatic N) is 4. The topological polar surface area (TPSA) is 82.7 Å². The molecular formula is C13H20N4O3. The van der Waals surface area contributed by atoms with Crippen LogP contribution in [0.5, 0.6) is 0 Å². The number of urea groups is 1. The number of unbranched alkanes of at least 4 members (excludes halogenated alkanes) is 2. The lowest BCUT2D eigenvalue weighted by Crippen LogP contribution is -2.34. The first-order valence-corrected chi connectivity index (χ1v) is 7.31. The van der Waals surface area contributed by atoms with Crippen molar-refractivity contribution in [1.82, 2.24) is 20.2 Å². The highest BCUT2D eigenvalue weighted by Gasteiger charge is 2.46. The third-order valence-corrected chi connectivity index (χ3v) is 4.11. The van der Waals surface area contributed by atoms with Crippen molar-refractivity contribution in [2.45, 2.75) is 57.5 Å². The molecule has 2 bridgehead atoms. The van der Waals surface area contributed by atoms with Crippen LogP contribution in [0.15, 0.2) is 4.42 Å². The van der Waals surface area contributed by atoms with Gasteiger partial charge in [-0.15, -0.1) is 10.2 Å². The average molecular weight is 280 g/mol. The molecule has 20 heavy (non-hydrogen) atoms. The first kappa shape index (κ1) is 13.4. The number of rotatable bonds is 5. The Balaban J connectivity index is 1.69. The van der Waals surface area contributed by atoms with Crippen LogP contribution in [0.25, 0.3) is 0 Å². The summed E-state index contributed by atoms with van der Waals surface area (Å²) < 4.78 is 5.69. The minimum Gasteiger partial charge on any atom is -0.423 e. The van der Waals surface area contributed by atoms with Crippen molar-refractivity contribution < 1.29 is 14.4 Å². The van der Waals surface area contributed by atoms with E-state index < -0.39 is 0 Å². The lowest BCUT2D eigenvalue weighted by molar-refractivity contribution is -0.0584. The van der Waals surface area contributed by atoms with Gasteiger partial charge >= 0.3 is 6.03 Å². The predicted molar refractivity (Wildman–Crippen MR) is 69.0 cm³/mol. The molecule has 2 atom stereocenters. The van der Waals surface area contributed by atoms with Crippen LogP contribution in [0.2, 0.25) is 0 Å². The molecule has 0 spiro atoms. The summed E-state index contributed by atoms with van der Waals surface area (Å²) in [5, 5.41) is 18.6. The van der Waals surface area contributed by atoms with Crippen LogP contribution in [0, 0.1) is 0 Å². The summed E-state index contributed by atoms with van der Waals surface area (Å²) in [4.78, 5) is 13.5. The van der Waals surface area contributed by atoms with Gasteiger partial charge in [-0.3, -0.25) is 5.21 Å². The Bertz CT molecular complexity index is 490. The number of fused-ring (bicyclic) bond motifs is 2. The third kappa shape index (κ3) is 2.26. The molecule has 2 aliphatic heterocycles. The Morgan fingerprint density at radius 2 is 2.20 bits per heavy atom. The zero-order valence-electron chi connectivity index (χ0n) is 11.7. The van der Waals surface area contributed by atoms with Gasteiger partial charge in [-0.2, -0.15) is 0 Å². The van der Waals surface area contributed by atoms with Gasteiger partial charge < -0.3 is 9.32 Å². The van der Waals surface area contributed by atoms with E-state index in [9.17, 15) is 10.0 Å². The molecule has 3 heterocycles. The maximum absolute atomic E-state index is 11.9. The predicted octanol–water partition coefficient (Wildman–Crippen LogP) is 2.13. The average Bonchev–Trinajstić information content (AvgIpc) is 3.01. The van der Waals surface area contributed by atoms with E-state index in [-0.39, 0.29) is 18.1 Å². The summed E-state index contributed by atoms with van der Waals surface area (Å²) in [6, 6.07) is -0.641. The molecule has 2 saturated heterocycles. The molecular weight excluding hydrogens is 260 g/mol. The van der Waals surface area contributed by atoms with Gasteiger partial charge in [0.2, 0.25) is 11.8 Å². The number of carbonyl (C=O) groups excluding carboxylic acids is 1. The summed E-state index contributed by atoms with van der Waals surface area (Å²) in [7, 11) is 0. The molecule has 1 N–H and O–H groups in total. The van der Waals surface area contributed by atoms with E-state index in [1.165, 1.54) is 0 Å². The monoisotopic (exact) mass is 280 g/mol. The minimum atomic E-state index is -0.358. The second-order valence-electron chi connectivity index (χ2n) is 5.52. The van der Waals surface area contributed by atoms with Crippen LogP contribution in [-0.4, -0.2) is 44.0 Å². The molecule has 0 radical (unpaired) electrons. The van der Waals surface area contributed by atoms with E-state index in [0.717, 1.165) is 43.6 Å². The fourth-order valence-electron chi connectivity index (χ4n) is 2.94. The molecule has 7 heteroatoms. The smallest absolute Gasteiger partial charge is 0.344 e. The van der Waals surface area contributed by atoms with E-state index >= 15 is 0 Å². The number of hydrogen-bond acceptors (Lipinski definition) is 5. The summed E-state index contributed by atoms with van der Waals surface area (Å²) in [6.07, 6.45) is 5.64. The highest BCUT2D eigenvalue weighted by atomic mass is 16.5. The third-order valence-electron chi connectivity index (χ3n) is 4.11. The Labute approximate surface area is 117 Å². The molecule has 2 aliphatic rings. The molecule has 7 nitrogen and oxygen atoms in total. The maximum atomic E-state index is 11.9. The van der Waals surface area contributed by atoms with Crippen molar-refractivity contribution in [2.24, 2.45) is 0 Å². The van der Waals surface area contributed by atoms with Crippen molar-refractivity contribution in [3.8, 4) is 0 Å². The summed E-state index contributed by atoms with van der Waals surface area (Å²) in [5.74, 6) is 1.14. The number of hydrogen-bond donors (Lipinski definition) is 1. The zero-order valence-corrected chi connectivity index (χ0v) is 11.7. The normalized spacial score (nSPS) is 25.6. The lowest BCUT2D eigenvalue weighted by Gasteiger charge is -2.27. The number of piperidine rings is 1. The lowest BCUT2D eigenvalue weighted by atomic mass is 10.0. The molecule has 1 aromatic rings. The molecule has 0 aliphatic carbocycles. The molecule has 0 unspecified atom stereocenters. The number of aryl methyl sites for hydroxylation is 1. The maximum Gasteiger partial charge on any atom is 0.344 e. The molecule has 0 saturated carbocycles. The van der Waals surface area contributed by atoms with Crippen molar-refractivity contribution in [3.63, 3.8) is 0 Å². The van der Waals surface area contributed by atoms with E-state index in [2.05, 4.69) is 17.1 Å². The second kappa shape index (κ2) is 5.40. The van der Waals surface area contributed by atoms with Crippen LogP contribution >= 0.6 is 0 Å². The quantitative estimate of drug-likeness (QED) is 0.660. The van der Waals surface area contributed by atoms with Gasteiger partial charge in [0.25, 0.3) is 0 Å². The first-order chi connectivity index (χ1) is 9.70. The summed E-state index contributed by atoms with van der Waals surface area (Å²) in [5.41, 5.74) is 0. The fourth-order valence-corrected chi connectivity index (χ4v) is 2.94. The molecule has 110 valence electrons. The van der Waals surface area contributed by atoms with Crippen molar-refractivity contribution in [3.05, 3.63) is 11.8 Å². The van der Waals surface area contributed by atoms with Crippen molar-refractivity contribution in [2.75, 3.05) is 6.54 Å². The van der Waals surface area contributed by atoms with Crippen LogP contribution < -0.4 is 0 Å². The molecule has 0 aromatic carbocycles. The van der Waals surface area contributed by atoms with E-state index in [1.54, 1.807) is 4.90 Å². The van der Waals surface area contributed by atoms with Crippen molar-refractivity contribution >= 4 is 6.03 Å². The van der Waals surface area contributed by atoms with Crippen LogP contribution in [-0.2, 0) is 6.42 Å². The fraction of sp³-hybridized carbons (Fsp3) is 0.769. The van der Waals surface area contributed by atoms with E-state index in [1.807, 2.05) is 0 Å². The first-order valence-electron chi connectivity index (χ1n) is 7.31. The number of amides is 2. The number of carbonyl (C=O) groups is 1. The van der Waals surface area contributed by atoms with Gasteiger partial charge in [0.1, 0.15) is 6.04 Å². The minimum absolute atomic E-state index is 0.0919. The van der Waals surface area contributed by atoms with Crippen molar-refractivity contribution in [1.29, 1.82) is 0 Å². The molecule has 3 rings (SSSR count). The standard InChI is InChI=1S/C13H20N4O3/c1-2-3-4-5-11-14-15-12(20-11)10-7-6-9-8-16(10)13(18)17(9)19/h9-10,19H,2-8H2,1H3/t9-,10+/m1/s1. The number of aromatic nitrogens is 2. The van der Waals surface area contributed by atoms with Crippen LogP contribution in [0.1, 0.15) is 56.9 Å². The van der Waals surface area contributed by atoms with Gasteiger partial charge in [0.15, 0.2) is 0 Å². The van der Waals surface area contributed by atoms with E-state index in [4.69, 9.17) is 4.42 Å². The molecule has 2 fully saturated rings. The molecule has 2 amide bonds. The Morgan fingerprint density at radius 1 is 1.35 bits per heavy atom. The Kier molecular flexibility index (Phi) is 3.60. The highest BCUT2D eigenvalue weighted by Crippen LogP contribution is 2.36. The summed E-state index contributed by atoms with van der Waals surface area (Å²) >= 11 is 0. The largest absolute Gasteiger partial charge is 0.423 e. The van der Waals surface area contributed by atoms with E-state index in [0.29, 0.717) is 18.3 Å². The van der Waals surface area contributed by atoms with Crippen LogP contribution in [0.3, 0.4) is 0 Å². The van der Waals surface area contributed by atoms with Gasteiger partial charge in [0.05, 0.1) is 6.04 Å². The highest BCUT2D eigenvalue weighted by molar-refractivity contribution is 5.76. The number of hydroxylamine groups is 2. The SMILES string of the molecule is CCCCCc1nnc([C@@H]2CC[C@@H]3CN2C(=O)N3O)o1. The Hall–Kier alpha value is -1.63. The second-order valence-corrected chi connectivity index (χ2v) is 5.52. The van der Waals surface area contributed by atoms with Gasteiger partial charge in [-0.1, -0.05) is 19.8 Å².